The summed E-state index contributed by atoms with van der Waals surface area (Å²) in [5.41, 5.74) is 0.752. The predicted octanol–water partition coefficient (Wildman–Crippen LogP) is 1.81. The Balaban J connectivity index is 1.49. The van der Waals surface area contributed by atoms with E-state index in [1.807, 2.05) is 0 Å². The first-order chi connectivity index (χ1) is 7.17. The van der Waals surface area contributed by atoms with E-state index in [1.54, 1.807) is 0 Å². The lowest BCUT2D eigenvalue weighted by atomic mass is 9.67. The molecule has 2 aliphatic heterocycles. The third-order valence-corrected chi connectivity index (χ3v) is 4.84. The summed E-state index contributed by atoms with van der Waals surface area (Å²) in [5, 5.41) is 0. The minimum absolute atomic E-state index is 0.752. The van der Waals surface area contributed by atoms with Gasteiger partial charge in [-0.25, -0.2) is 0 Å². The van der Waals surface area contributed by atoms with Crippen LogP contribution in [0.2, 0.25) is 0 Å². The van der Waals surface area contributed by atoms with Crippen LogP contribution >= 0.6 is 0 Å². The molecule has 3 fully saturated rings. The summed E-state index contributed by atoms with van der Waals surface area (Å²) in [4.78, 5) is 5.20. The highest BCUT2D eigenvalue weighted by Crippen LogP contribution is 2.44. The van der Waals surface area contributed by atoms with Crippen LogP contribution in [0.5, 0.6) is 0 Å². The molecule has 0 aromatic heterocycles. The molecule has 0 atom stereocenters. The Morgan fingerprint density at radius 2 is 1.67 bits per heavy atom. The van der Waals surface area contributed by atoms with E-state index >= 15 is 0 Å². The molecule has 0 aromatic rings. The Bertz CT molecular complexity index is 229. The predicted molar refractivity (Wildman–Crippen MR) is 62.9 cm³/mol. The number of nitrogens with zero attached hydrogens (tertiary/aromatic N) is 2. The van der Waals surface area contributed by atoms with E-state index in [2.05, 4.69) is 23.8 Å². The Kier molecular flexibility index (Phi) is 2.33. The summed E-state index contributed by atoms with van der Waals surface area (Å²) >= 11 is 0. The molecule has 0 N–H and O–H groups in total. The molecule has 3 rings (SSSR count). The molecule has 2 heteroatoms. The number of rotatable bonds is 1. The van der Waals surface area contributed by atoms with Crippen LogP contribution in [0.3, 0.4) is 0 Å². The molecule has 2 nitrogen and oxygen atoms in total. The van der Waals surface area contributed by atoms with Crippen LogP contribution in [-0.4, -0.2) is 49.1 Å². The van der Waals surface area contributed by atoms with Gasteiger partial charge < -0.3 is 4.90 Å². The van der Waals surface area contributed by atoms with Crippen LogP contribution in [0.15, 0.2) is 0 Å². The standard InChI is InChI=1S/C13H24N2/c1-11-7-15(8-11)12-3-5-13(6-4-12)9-14(2)10-13/h11-12H,3-10H2,1-2H3. The topological polar surface area (TPSA) is 6.48 Å². The zero-order valence-electron chi connectivity index (χ0n) is 10.2. The molecule has 0 amide bonds. The van der Waals surface area contributed by atoms with Crippen molar-refractivity contribution >= 4 is 0 Å². The maximum Gasteiger partial charge on any atom is 0.00959 e. The molecule has 0 unspecified atom stereocenters. The Labute approximate surface area is 93.6 Å². The lowest BCUT2D eigenvalue weighted by molar-refractivity contribution is -0.0469. The molecule has 2 saturated heterocycles. The molecule has 1 aliphatic carbocycles. The quantitative estimate of drug-likeness (QED) is 0.648. The fourth-order valence-corrected chi connectivity index (χ4v) is 4.04. The van der Waals surface area contributed by atoms with Gasteiger partial charge in [0.15, 0.2) is 0 Å². The van der Waals surface area contributed by atoms with Crippen LogP contribution < -0.4 is 0 Å². The van der Waals surface area contributed by atoms with Crippen molar-refractivity contribution in [3.8, 4) is 0 Å². The summed E-state index contributed by atoms with van der Waals surface area (Å²) in [7, 11) is 2.26. The van der Waals surface area contributed by atoms with Gasteiger partial charge in [0.25, 0.3) is 0 Å². The first kappa shape index (κ1) is 10.1. The van der Waals surface area contributed by atoms with E-state index in [1.165, 1.54) is 51.9 Å². The first-order valence-corrected chi connectivity index (χ1v) is 6.59. The molecule has 1 spiro atoms. The van der Waals surface area contributed by atoms with Crippen LogP contribution in [0.4, 0.5) is 0 Å². The average Bonchev–Trinajstić information content (AvgIpc) is 2.13. The summed E-state index contributed by atoms with van der Waals surface area (Å²) in [6.07, 6.45) is 5.93. The summed E-state index contributed by atoms with van der Waals surface area (Å²) < 4.78 is 0. The van der Waals surface area contributed by atoms with Crippen LogP contribution in [0.25, 0.3) is 0 Å². The van der Waals surface area contributed by atoms with Gasteiger partial charge in [-0.05, 0) is 44.1 Å². The highest BCUT2D eigenvalue weighted by molar-refractivity contribution is 4.99. The Morgan fingerprint density at radius 1 is 1.07 bits per heavy atom. The zero-order chi connectivity index (χ0) is 10.5. The normalized spacial score (nSPS) is 34.0. The van der Waals surface area contributed by atoms with E-state index in [4.69, 9.17) is 0 Å². The van der Waals surface area contributed by atoms with Gasteiger partial charge >= 0.3 is 0 Å². The number of hydrogen-bond donors (Lipinski definition) is 0. The van der Waals surface area contributed by atoms with E-state index in [9.17, 15) is 0 Å². The molecule has 3 aliphatic rings. The molecule has 86 valence electrons. The van der Waals surface area contributed by atoms with Gasteiger partial charge in [0, 0.05) is 32.2 Å². The highest BCUT2D eigenvalue weighted by atomic mass is 15.2. The molecule has 2 heterocycles. The van der Waals surface area contributed by atoms with Gasteiger partial charge in [0.05, 0.1) is 0 Å². The minimum atomic E-state index is 0.752. The maximum absolute atomic E-state index is 2.72. The second-order valence-corrected chi connectivity index (χ2v) is 6.46. The second kappa shape index (κ2) is 3.46. The van der Waals surface area contributed by atoms with Crippen molar-refractivity contribution in [1.29, 1.82) is 0 Å². The van der Waals surface area contributed by atoms with Crippen molar-refractivity contribution < 1.29 is 0 Å². The minimum Gasteiger partial charge on any atom is -0.305 e. The van der Waals surface area contributed by atoms with Crippen molar-refractivity contribution in [3.05, 3.63) is 0 Å². The SMILES string of the molecule is CC1CN(C2CCC3(CC2)CN(C)C3)C1. The summed E-state index contributed by atoms with van der Waals surface area (Å²) in [6.45, 7) is 7.86. The van der Waals surface area contributed by atoms with Gasteiger partial charge in [0.2, 0.25) is 0 Å². The van der Waals surface area contributed by atoms with E-state index in [0.29, 0.717) is 0 Å². The number of likely N-dealkylation sites (tertiary alicyclic amines) is 2. The van der Waals surface area contributed by atoms with E-state index < -0.39 is 0 Å². The van der Waals surface area contributed by atoms with Gasteiger partial charge in [0.1, 0.15) is 0 Å². The molecule has 0 bridgehead atoms. The average molecular weight is 208 g/mol. The third kappa shape index (κ3) is 1.72. The lowest BCUT2D eigenvalue weighted by Gasteiger charge is -2.55. The van der Waals surface area contributed by atoms with Gasteiger partial charge in [-0.3, -0.25) is 4.90 Å². The molecular weight excluding hydrogens is 184 g/mol. The lowest BCUT2D eigenvalue weighted by Crippen LogP contribution is -2.59. The summed E-state index contributed by atoms with van der Waals surface area (Å²) in [6, 6.07) is 0.942. The Hall–Kier alpha value is -0.0800. The zero-order valence-corrected chi connectivity index (χ0v) is 10.2. The van der Waals surface area contributed by atoms with Gasteiger partial charge in [-0.15, -0.1) is 0 Å². The fourth-order valence-electron chi connectivity index (χ4n) is 4.04. The van der Waals surface area contributed by atoms with Crippen molar-refractivity contribution in [2.75, 3.05) is 33.2 Å². The largest absolute Gasteiger partial charge is 0.305 e. The first-order valence-electron chi connectivity index (χ1n) is 6.59. The van der Waals surface area contributed by atoms with Crippen LogP contribution in [0, 0.1) is 11.3 Å². The van der Waals surface area contributed by atoms with E-state index in [0.717, 1.165) is 17.4 Å². The monoisotopic (exact) mass is 208 g/mol. The van der Waals surface area contributed by atoms with Crippen molar-refractivity contribution in [3.63, 3.8) is 0 Å². The van der Waals surface area contributed by atoms with Crippen LogP contribution in [-0.2, 0) is 0 Å². The van der Waals surface area contributed by atoms with Crippen molar-refractivity contribution in [1.82, 2.24) is 9.80 Å². The maximum atomic E-state index is 2.72. The highest BCUT2D eigenvalue weighted by Gasteiger charge is 2.45. The molecule has 15 heavy (non-hydrogen) atoms. The molecule has 1 saturated carbocycles. The smallest absolute Gasteiger partial charge is 0.00959 e. The van der Waals surface area contributed by atoms with E-state index in [-0.39, 0.29) is 0 Å². The van der Waals surface area contributed by atoms with Gasteiger partial charge in [-0.2, -0.15) is 0 Å². The van der Waals surface area contributed by atoms with Gasteiger partial charge in [-0.1, -0.05) is 6.92 Å². The van der Waals surface area contributed by atoms with Crippen molar-refractivity contribution in [2.45, 2.75) is 38.6 Å². The van der Waals surface area contributed by atoms with Crippen LogP contribution in [0.1, 0.15) is 32.6 Å². The van der Waals surface area contributed by atoms with Crippen molar-refractivity contribution in [2.24, 2.45) is 11.3 Å². The molecule has 0 radical (unpaired) electrons. The second-order valence-electron chi connectivity index (χ2n) is 6.46. The number of hydrogen-bond acceptors (Lipinski definition) is 2. The molecular formula is C13H24N2. The molecule has 0 aromatic carbocycles. The Morgan fingerprint density at radius 3 is 2.13 bits per heavy atom. The third-order valence-electron chi connectivity index (χ3n) is 4.84. The fraction of sp³-hybridized carbons (Fsp3) is 1.00. The summed E-state index contributed by atoms with van der Waals surface area (Å²) in [5.74, 6) is 0.968.